The van der Waals surface area contributed by atoms with Crippen LogP contribution < -0.4 is 10.6 Å². The highest BCUT2D eigenvalue weighted by Gasteiger charge is 2.03. The molecule has 3 aromatic rings. The van der Waals surface area contributed by atoms with Gasteiger partial charge in [-0.3, -0.25) is 4.79 Å². The number of ketones is 1. The van der Waals surface area contributed by atoms with E-state index in [9.17, 15) is 4.79 Å². The maximum atomic E-state index is 11.5. The summed E-state index contributed by atoms with van der Waals surface area (Å²) in [5.74, 6) is 1.31. The molecule has 0 fully saturated rings. The molecule has 3 rings (SSSR count). The fourth-order valence-electron chi connectivity index (χ4n) is 2.61. The van der Waals surface area contributed by atoms with Gasteiger partial charge in [-0.05, 0) is 43.5 Å². The normalized spacial score (nSPS) is 10.3. The highest BCUT2D eigenvalue weighted by Crippen LogP contribution is 2.17. The molecule has 0 atom stereocenters. The molecule has 0 aliphatic heterocycles. The number of aryl methyl sites for hydroxylation is 1. The van der Waals surface area contributed by atoms with Gasteiger partial charge in [0.1, 0.15) is 5.82 Å². The highest BCUT2D eigenvalue weighted by molar-refractivity contribution is 5.95. The van der Waals surface area contributed by atoms with Crippen molar-refractivity contribution < 1.29 is 4.79 Å². The zero-order valence-corrected chi connectivity index (χ0v) is 14.8. The van der Waals surface area contributed by atoms with Gasteiger partial charge in [0.2, 0.25) is 5.95 Å². The molecule has 0 amide bonds. The monoisotopic (exact) mass is 346 g/mol. The lowest BCUT2D eigenvalue weighted by molar-refractivity contribution is 0.101. The zero-order chi connectivity index (χ0) is 18.2. The largest absolute Gasteiger partial charge is 0.354 e. The van der Waals surface area contributed by atoms with Crippen molar-refractivity contribution in [2.45, 2.75) is 19.8 Å². The number of carbonyl (C=O) groups excluding carboxylic acids is 1. The van der Waals surface area contributed by atoms with E-state index in [1.165, 1.54) is 5.56 Å². The van der Waals surface area contributed by atoms with Crippen LogP contribution in [0.2, 0.25) is 0 Å². The molecule has 0 saturated heterocycles. The number of benzene rings is 2. The van der Waals surface area contributed by atoms with Crippen molar-refractivity contribution in [3.63, 3.8) is 0 Å². The van der Waals surface area contributed by atoms with E-state index < -0.39 is 0 Å². The first-order valence-corrected chi connectivity index (χ1v) is 8.69. The average Bonchev–Trinajstić information content (AvgIpc) is 2.67. The van der Waals surface area contributed by atoms with Gasteiger partial charge in [0.05, 0.1) is 0 Å². The fourth-order valence-corrected chi connectivity index (χ4v) is 2.61. The molecule has 5 heteroatoms. The van der Waals surface area contributed by atoms with Crippen LogP contribution in [0.15, 0.2) is 66.9 Å². The number of aromatic nitrogens is 2. The van der Waals surface area contributed by atoms with E-state index in [2.05, 4.69) is 44.9 Å². The summed E-state index contributed by atoms with van der Waals surface area (Å²) in [6.07, 6.45) is 3.74. The van der Waals surface area contributed by atoms with Crippen LogP contribution in [0.25, 0.3) is 0 Å². The molecule has 0 aliphatic rings. The van der Waals surface area contributed by atoms with Crippen LogP contribution in [0.4, 0.5) is 17.5 Å². The second-order valence-corrected chi connectivity index (χ2v) is 6.04. The van der Waals surface area contributed by atoms with Crippen LogP contribution in [0.3, 0.4) is 0 Å². The first-order chi connectivity index (χ1) is 12.7. The van der Waals surface area contributed by atoms with Gasteiger partial charge in [-0.15, -0.1) is 0 Å². The Labute approximate surface area is 153 Å². The van der Waals surface area contributed by atoms with E-state index in [0.717, 1.165) is 25.1 Å². The Hall–Kier alpha value is -3.21. The Morgan fingerprint density at radius 3 is 2.69 bits per heavy atom. The van der Waals surface area contributed by atoms with Crippen molar-refractivity contribution in [2.75, 3.05) is 17.2 Å². The molecule has 1 aromatic heterocycles. The van der Waals surface area contributed by atoms with Crippen LogP contribution >= 0.6 is 0 Å². The maximum Gasteiger partial charge on any atom is 0.224 e. The van der Waals surface area contributed by atoms with E-state index >= 15 is 0 Å². The van der Waals surface area contributed by atoms with Crippen LogP contribution in [0.5, 0.6) is 0 Å². The fraction of sp³-hybridized carbons (Fsp3) is 0.190. The standard InChI is InChI=1S/C21H22N4O/c1-16(26)18-10-5-11-19(15-18)24-20-12-14-23-21(25-20)22-13-6-9-17-7-3-2-4-8-17/h2-5,7-8,10-12,14-15H,6,9,13H2,1H3,(H2,22,23,24,25). The topological polar surface area (TPSA) is 66.9 Å². The van der Waals surface area contributed by atoms with Gasteiger partial charge in [-0.25, -0.2) is 4.98 Å². The third-order valence-electron chi connectivity index (χ3n) is 3.97. The molecule has 2 N–H and O–H groups in total. The summed E-state index contributed by atoms with van der Waals surface area (Å²) in [6, 6.07) is 19.6. The second kappa shape index (κ2) is 8.76. The Morgan fingerprint density at radius 2 is 1.88 bits per heavy atom. The van der Waals surface area contributed by atoms with Crippen molar-refractivity contribution in [1.29, 1.82) is 0 Å². The number of nitrogens with one attached hydrogen (secondary N) is 2. The van der Waals surface area contributed by atoms with Crippen LogP contribution in [0, 0.1) is 0 Å². The summed E-state index contributed by atoms with van der Waals surface area (Å²) in [6.45, 7) is 2.36. The summed E-state index contributed by atoms with van der Waals surface area (Å²) < 4.78 is 0. The van der Waals surface area contributed by atoms with Crippen LogP contribution in [-0.2, 0) is 6.42 Å². The van der Waals surface area contributed by atoms with Gasteiger partial charge >= 0.3 is 0 Å². The number of nitrogens with zero attached hydrogens (tertiary/aromatic N) is 2. The van der Waals surface area contributed by atoms with Gasteiger partial charge in [-0.1, -0.05) is 42.5 Å². The van der Waals surface area contributed by atoms with E-state index in [0.29, 0.717) is 17.3 Å². The van der Waals surface area contributed by atoms with Crippen molar-refractivity contribution in [2.24, 2.45) is 0 Å². The Kier molecular flexibility index (Phi) is 5.93. The predicted molar refractivity (Wildman–Crippen MR) is 105 cm³/mol. The number of rotatable bonds is 8. The molecule has 0 radical (unpaired) electrons. The lowest BCUT2D eigenvalue weighted by atomic mass is 10.1. The third kappa shape index (κ3) is 5.14. The number of Topliss-reactive ketones (excluding diaryl/α,β-unsaturated/α-hetero) is 1. The molecular formula is C21H22N4O. The van der Waals surface area contributed by atoms with E-state index in [1.54, 1.807) is 25.3 Å². The van der Waals surface area contributed by atoms with Crippen LogP contribution in [-0.4, -0.2) is 22.3 Å². The maximum absolute atomic E-state index is 11.5. The Bertz CT molecular complexity index is 865. The van der Waals surface area contributed by atoms with E-state index in [4.69, 9.17) is 0 Å². The SMILES string of the molecule is CC(=O)c1cccc(Nc2ccnc(NCCCc3ccccc3)n2)c1. The zero-order valence-electron chi connectivity index (χ0n) is 14.8. The van der Waals surface area contributed by atoms with Gasteiger partial charge < -0.3 is 10.6 Å². The first-order valence-electron chi connectivity index (χ1n) is 8.69. The smallest absolute Gasteiger partial charge is 0.224 e. The van der Waals surface area contributed by atoms with E-state index in [-0.39, 0.29) is 5.78 Å². The molecule has 2 aromatic carbocycles. The number of carbonyl (C=O) groups is 1. The molecule has 132 valence electrons. The predicted octanol–water partition coefficient (Wildman–Crippen LogP) is 4.47. The minimum Gasteiger partial charge on any atom is -0.354 e. The molecule has 0 saturated carbocycles. The summed E-state index contributed by atoms with van der Waals surface area (Å²) >= 11 is 0. The van der Waals surface area contributed by atoms with Gasteiger partial charge in [-0.2, -0.15) is 4.98 Å². The Morgan fingerprint density at radius 1 is 1.04 bits per heavy atom. The molecule has 0 unspecified atom stereocenters. The Balaban J connectivity index is 1.54. The van der Waals surface area contributed by atoms with Gasteiger partial charge in [0.15, 0.2) is 5.78 Å². The average molecular weight is 346 g/mol. The lowest BCUT2D eigenvalue weighted by Gasteiger charge is -2.09. The van der Waals surface area contributed by atoms with Crippen molar-refractivity contribution in [1.82, 2.24) is 9.97 Å². The molecule has 5 nitrogen and oxygen atoms in total. The second-order valence-electron chi connectivity index (χ2n) is 6.04. The molecule has 0 aliphatic carbocycles. The molecule has 26 heavy (non-hydrogen) atoms. The summed E-state index contributed by atoms with van der Waals surface area (Å²) in [5, 5.41) is 6.47. The molecule has 1 heterocycles. The van der Waals surface area contributed by atoms with Crippen molar-refractivity contribution >= 4 is 23.2 Å². The molecule has 0 bridgehead atoms. The van der Waals surface area contributed by atoms with Gasteiger partial charge in [0.25, 0.3) is 0 Å². The van der Waals surface area contributed by atoms with Crippen LogP contribution in [0.1, 0.15) is 29.3 Å². The summed E-state index contributed by atoms with van der Waals surface area (Å²) in [5.41, 5.74) is 2.82. The summed E-state index contributed by atoms with van der Waals surface area (Å²) in [7, 11) is 0. The number of hydrogen-bond acceptors (Lipinski definition) is 5. The minimum atomic E-state index is 0.0390. The summed E-state index contributed by atoms with van der Waals surface area (Å²) in [4.78, 5) is 20.2. The first kappa shape index (κ1) is 17.6. The van der Waals surface area contributed by atoms with E-state index in [1.807, 2.05) is 24.3 Å². The quantitative estimate of drug-likeness (QED) is 0.465. The number of hydrogen-bond donors (Lipinski definition) is 2. The lowest BCUT2D eigenvalue weighted by Crippen LogP contribution is -2.07. The molecule has 0 spiro atoms. The van der Waals surface area contributed by atoms with Gasteiger partial charge in [0, 0.05) is 24.0 Å². The van der Waals surface area contributed by atoms with Crippen molar-refractivity contribution in [3.8, 4) is 0 Å². The van der Waals surface area contributed by atoms with Crippen molar-refractivity contribution in [3.05, 3.63) is 78.0 Å². The highest BCUT2D eigenvalue weighted by atomic mass is 16.1. The minimum absolute atomic E-state index is 0.0390. The number of anilines is 3. The molecular weight excluding hydrogens is 324 g/mol. The third-order valence-corrected chi connectivity index (χ3v) is 3.97.